The Morgan fingerprint density at radius 2 is 1.96 bits per heavy atom. The first-order valence-electron chi connectivity index (χ1n) is 7.93. The van der Waals surface area contributed by atoms with Gasteiger partial charge in [-0.3, -0.25) is 9.59 Å². The van der Waals surface area contributed by atoms with Crippen molar-refractivity contribution in [2.75, 3.05) is 18.6 Å². The van der Waals surface area contributed by atoms with Gasteiger partial charge in [0, 0.05) is 12.1 Å². The van der Waals surface area contributed by atoms with Crippen LogP contribution >= 0.6 is 11.8 Å². The van der Waals surface area contributed by atoms with Gasteiger partial charge in [-0.2, -0.15) is 11.8 Å². The Labute approximate surface area is 152 Å². The van der Waals surface area contributed by atoms with E-state index in [1.807, 2.05) is 6.26 Å². The van der Waals surface area contributed by atoms with Crippen LogP contribution in [0.2, 0.25) is 0 Å². The molecule has 0 unspecified atom stereocenters. The number of hydrogen-bond donors (Lipinski definition) is 2. The fourth-order valence-corrected chi connectivity index (χ4v) is 2.41. The summed E-state index contributed by atoms with van der Waals surface area (Å²) in [6.07, 6.45) is 2.91. The molecule has 0 aliphatic heterocycles. The first-order chi connectivity index (χ1) is 12.0. The number of hydrogen-bond acceptors (Lipinski definition) is 5. The van der Waals surface area contributed by atoms with E-state index in [2.05, 4.69) is 17.2 Å². The van der Waals surface area contributed by atoms with Crippen molar-refractivity contribution >= 4 is 29.5 Å². The topological polar surface area (TPSA) is 84.5 Å². The summed E-state index contributed by atoms with van der Waals surface area (Å²) < 4.78 is 5.20. The molecule has 1 rings (SSSR count). The Hall–Kier alpha value is -2.28. The van der Waals surface area contributed by atoms with Crippen LogP contribution < -0.4 is 10.6 Å². The molecule has 0 aromatic heterocycles. The predicted octanol–water partition coefficient (Wildman–Crippen LogP) is 1.77. The van der Waals surface area contributed by atoms with Gasteiger partial charge in [0.1, 0.15) is 6.04 Å². The predicted molar refractivity (Wildman–Crippen MR) is 99.5 cm³/mol. The number of benzene rings is 1. The molecule has 0 fully saturated rings. The van der Waals surface area contributed by atoms with Gasteiger partial charge in [-0.05, 0) is 37.5 Å². The Bertz CT molecular complexity index is 592. The minimum absolute atomic E-state index is 0.293. The van der Waals surface area contributed by atoms with Crippen molar-refractivity contribution < 1.29 is 19.1 Å². The highest BCUT2D eigenvalue weighted by Gasteiger charge is 2.26. The zero-order valence-corrected chi connectivity index (χ0v) is 15.3. The Morgan fingerprint density at radius 1 is 1.28 bits per heavy atom. The van der Waals surface area contributed by atoms with Gasteiger partial charge < -0.3 is 15.4 Å². The number of nitrogens with one attached hydrogen (secondary N) is 2. The van der Waals surface area contributed by atoms with Crippen molar-refractivity contribution in [3.63, 3.8) is 0 Å². The second-order valence-electron chi connectivity index (χ2n) is 5.29. The minimum atomic E-state index is -0.946. The Morgan fingerprint density at radius 3 is 2.56 bits per heavy atom. The third-order valence-electron chi connectivity index (χ3n) is 3.32. The Kier molecular flexibility index (Phi) is 9.39. The standard InChI is InChI=1S/C18H24N2O4S/c1-4-11-19-16(21)13(2)24-18(23)15(10-12-25-3)20-17(22)14-8-6-5-7-9-14/h4-9,13,15H,1,10-12H2,2-3H3,(H,19,21)(H,20,22)/t13-,15-/m0/s1. The summed E-state index contributed by atoms with van der Waals surface area (Å²) in [5, 5.41) is 5.24. The third kappa shape index (κ3) is 7.43. The van der Waals surface area contributed by atoms with Crippen LogP contribution in [0, 0.1) is 0 Å². The molecule has 0 saturated heterocycles. The molecule has 1 aromatic rings. The highest BCUT2D eigenvalue weighted by molar-refractivity contribution is 7.98. The van der Waals surface area contributed by atoms with E-state index in [1.165, 1.54) is 13.0 Å². The number of carbonyl (C=O) groups is 3. The number of esters is 1. The van der Waals surface area contributed by atoms with E-state index >= 15 is 0 Å². The van der Waals surface area contributed by atoms with Crippen LogP contribution in [0.4, 0.5) is 0 Å². The molecule has 0 aliphatic rings. The average molecular weight is 364 g/mol. The van der Waals surface area contributed by atoms with Crippen molar-refractivity contribution in [2.24, 2.45) is 0 Å². The van der Waals surface area contributed by atoms with Crippen LogP contribution in [-0.2, 0) is 14.3 Å². The smallest absolute Gasteiger partial charge is 0.329 e. The van der Waals surface area contributed by atoms with E-state index in [4.69, 9.17) is 4.74 Å². The molecule has 1 aromatic carbocycles. The van der Waals surface area contributed by atoms with E-state index in [-0.39, 0.29) is 5.91 Å². The molecule has 0 bridgehead atoms. The maximum atomic E-state index is 12.4. The summed E-state index contributed by atoms with van der Waals surface area (Å²) in [6.45, 7) is 5.28. The van der Waals surface area contributed by atoms with E-state index in [1.54, 1.807) is 42.1 Å². The molecule has 0 saturated carbocycles. The van der Waals surface area contributed by atoms with Crippen molar-refractivity contribution in [2.45, 2.75) is 25.5 Å². The molecule has 2 atom stereocenters. The van der Waals surface area contributed by atoms with Gasteiger partial charge in [0.05, 0.1) is 0 Å². The quantitative estimate of drug-likeness (QED) is 0.488. The number of thioether (sulfide) groups is 1. The molecule has 0 spiro atoms. The zero-order valence-electron chi connectivity index (χ0n) is 14.5. The number of amides is 2. The molecule has 25 heavy (non-hydrogen) atoms. The second-order valence-corrected chi connectivity index (χ2v) is 6.27. The van der Waals surface area contributed by atoms with Crippen LogP contribution in [-0.4, -0.2) is 48.5 Å². The van der Waals surface area contributed by atoms with E-state index < -0.39 is 24.0 Å². The SMILES string of the molecule is C=CCNC(=O)[C@H](C)OC(=O)[C@H](CCSC)NC(=O)c1ccccc1. The van der Waals surface area contributed by atoms with E-state index in [0.29, 0.717) is 24.3 Å². The maximum Gasteiger partial charge on any atom is 0.329 e. The first-order valence-corrected chi connectivity index (χ1v) is 9.33. The molecular formula is C18H24N2O4S. The van der Waals surface area contributed by atoms with Crippen LogP contribution in [0.3, 0.4) is 0 Å². The lowest BCUT2D eigenvalue weighted by atomic mass is 10.1. The van der Waals surface area contributed by atoms with Gasteiger partial charge in [0.15, 0.2) is 6.10 Å². The lowest BCUT2D eigenvalue weighted by Crippen LogP contribution is -2.45. The van der Waals surface area contributed by atoms with Crippen LogP contribution in [0.5, 0.6) is 0 Å². The van der Waals surface area contributed by atoms with Crippen molar-refractivity contribution in [3.8, 4) is 0 Å². The molecule has 0 heterocycles. The van der Waals surface area contributed by atoms with Gasteiger partial charge in [-0.15, -0.1) is 6.58 Å². The van der Waals surface area contributed by atoms with E-state index in [9.17, 15) is 14.4 Å². The molecule has 6 nitrogen and oxygen atoms in total. The van der Waals surface area contributed by atoms with E-state index in [0.717, 1.165) is 0 Å². The average Bonchev–Trinajstić information content (AvgIpc) is 2.63. The van der Waals surface area contributed by atoms with Crippen LogP contribution in [0.15, 0.2) is 43.0 Å². The largest absolute Gasteiger partial charge is 0.451 e. The van der Waals surface area contributed by atoms with Crippen molar-refractivity contribution in [1.29, 1.82) is 0 Å². The highest BCUT2D eigenvalue weighted by atomic mass is 32.2. The first kappa shape index (κ1) is 20.8. The highest BCUT2D eigenvalue weighted by Crippen LogP contribution is 2.07. The molecule has 136 valence electrons. The van der Waals surface area contributed by atoms with Gasteiger partial charge in [-0.1, -0.05) is 24.3 Å². The summed E-state index contributed by atoms with van der Waals surface area (Å²) in [5.74, 6) is -0.718. The fourth-order valence-electron chi connectivity index (χ4n) is 1.94. The monoisotopic (exact) mass is 364 g/mol. The van der Waals surface area contributed by atoms with Gasteiger partial charge in [0.2, 0.25) is 0 Å². The zero-order chi connectivity index (χ0) is 18.7. The van der Waals surface area contributed by atoms with Crippen molar-refractivity contribution in [1.82, 2.24) is 10.6 Å². The number of rotatable bonds is 10. The van der Waals surface area contributed by atoms with Gasteiger partial charge >= 0.3 is 5.97 Å². The molecule has 2 amide bonds. The summed E-state index contributed by atoms with van der Waals surface area (Å²) in [5.41, 5.74) is 0.459. The summed E-state index contributed by atoms with van der Waals surface area (Å²) in [4.78, 5) is 36.4. The maximum absolute atomic E-state index is 12.4. The third-order valence-corrected chi connectivity index (χ3v) is 3.96. The molecule has 2 N–H and O–H groups in total. The molecular weight excluding hydrogens is 340 g/mol. The lowest BCUT2D eigenvalue weighted by molar-refractivity contribution is -0.156. The molecule has 0 radical (unpaired) electrons. The second kappa shape index (κ2) is 11.3. The fraction of sp³-hybridized carbons (Fsp3) is 0.389. The van der Waals surface area contributed by atoms with Gasteiger partial charge in [0.25, 0.3) is 11.8 Å². The van der Waals surface area contributed by atoms with Gasteiger partial charge in [-0.25, -0.2) is 4.79 Å². The number of ether oxygens (including phenoxy) is 1. The van der Waals surface area contributed by atoms with Crippen molar-refractivity contribution in [3.05, 3.63) is 48.6 Å². The summed E-state index contributed by atoms with van der Waals surface area (Å²) in [7, 11) is 0. The Balaban J connectivity index is 2.69. The van der Waals surface area contributed by atoms with Crippen LogP contribution in [0.25, 0.3) is 0 Å². The summed E-state index contributed by atoms with van der Waals surface area (Å²) in [6, 6.07) is 7.82. The lowest BCUT2D eigenvalue weighted by Gasteiger charge is -2.20. The number of carbonyl (C=O) groups excluding carboxylic acids is 3. The molecule has 0 aliphatic carbocycles. The normalized spacial score (nSPS) is 12.6. The minimum Gasteiger partial charge on any atom is -0.451 e. The molecule has 7 heteroatoms. The summed E-state index contributed by atoms with van der Waals surface area (Å²) >= 11 is 1.56. The van der Waals surface area contributed by atoms with Crippen LogP contribution in [0.1, 0.15) is 23.7 Å².